The van der Waals surface area contributed by atoms with Gasteiger partial charge in [-0.05, 0) is 131 Å². The summed E-state index contributed by atoms with van der Waals surface area (Å²) in [6.07, 6.45) is 1.94. The zero-order valence-electron chi connectivity index (χ0n) is 44.3. The predicted octanol–water partition coefficient (Wildman–Crippen LogP) is 16.5. The average Bonchev–Trinajstić information content (AvgIpc) is 3.81. The number of rotatable bonds is 6. The van der Waals surface area contributed by atoms with E-state index in [1.165, 1.54) is 32.6 Å². The fourth-order valence-corrected chi connectivity index (χ4v) is 13.8. The molecular formula is C66H69N3OSi. The number of hydrogen-bond acceptors (Lipinski definition) is 3. The van der Waals surface area contributed by atoms with Crippen molar-refractivity contribution in [2.75, 3.05) is 0 Å². The van der Waals surface area contributed by atoms with Gasteiger partial charge in [-0.1, -0.05) is 199 Å². The highest BCUT2D eigenvalue weighted by atomic mass is 28.3. The molecule has 0 fully saturated rings. The van der Waals surface area contributed by atoms with Gasteiger partial charge in [-0.25, -0.2) is 4.98 Å². The van der Waals surface area contributed by atoms with Gasteiger partial charge in [0.15, 0.2) is 0 Å². The second kappa shape index (κ2) is 16.9. The van der Waals surface area contributed by atoms with E-state index in [1.807, 2.05) is 6.20 Å². The number of pyridine rings is 1. The topological polar surface area (TPSA) is 50.9 Å². The summed E-state index contributed by atoms with van der Waals surface area (Å²) in [5, 5.41) is 15.7. The van der Waals surface area contributed by atoms with Crippen molar-refractivity contribution in [3.05, 3.63) is 180 Å². The highest BCUT2D eigenvalue weighted by Crippen LogP contribution is 2.49. The van der Waals surface area contributed by atoms with E-state index in [0.717, 1.165) is 83.9 Å². The molecular weight excluding hydrogens is 879 g/mol. The van der Waals surface area contributed by atoms with Crippen LogP contribution in [0.1, 0.15) is 105 Å². The lowest BCUT2D eigenvalue weighted by atomic mass is 9.79. The normalized spacial score (nSPS) is 13.7. The van der Waals surface area contributed by atoms with Crippen molar-refractivity contribution in [3.63, 3.8) is 0 Å². The lowest BCUT2D eigenvalue weighted by molar-refractivity contribution is 0.446. The minimum Gasteiger partial charge on any atom is -0.507 e. The van der Waals surface area contributed by atoms with Crippen molar-refractivity contribution < 1.29 is 5.11 Å². The minimum absolute atomic E-state index is 0.0938. The molecule has 9 aromatic rings. The zero-order valence-corrected chi connectivity index (χ0v) is 45.3. The fraction of sp³-hybridized carbons (Fsp3) is 0.273. The predicted molar refractivity (Wildman–Crippen MR) is 305 cm³/mol. The van der Waals surface area contributed by atoms with Crippen molar-refractivity contribution in [1.82, 2.24) is 14.5 Å². The molecule has 0 amide bonds. The van der Waals surface area contributed by atoms with Gasteiger partial charge in [0, 0.05) is 28.5 Å². The van der Waals surface area contributed by atoms with Crippen LogP contribution in [0, 0.1) is 0 Å². The van der Waals surface area contributed by atoms with E-state index in [4.69, 9.17) is 9.97 Å². The lowest BCUT2D eigenvalue weighted by Gasteiger charge is -2.28. The molecule has 7 aromatic carbocycles. The van der Waals surface area contributed by atoms with Crippen molar-refractivity contribution in [1.29, 1.82) is 0 Å². The summed E-state index contributed by atoms with van der Waals surface area (Å²) in [6, 6.07) is 55.8. The third-order valence-electron chi connectivity index (χ3n) is 15.0. The maximum absolute atomic E-state index is 12.9. The Morgan fingerprint density at radius 2 is 1.04 bits per heavy atom. The Labute approximate surface area is 423 Å². The second-order valence-electron chi connectivity index (χ2n) is 24.6. The van der Waals surface area contributed by atoms with E-state index in [0.29, 0.717) is 0 Å². The quantitative estimate of drug-likeness (QED) is 0.169. The molecule has 1 aliphatic heterocycles. The average molecular weight is 948 g/mol. The molecule has 0 atom stereocenters. The number of hydrogen-bond donors (Lipinski definition) is 1. The molecule has 1 aliphatic rings. The van der Waals surface area contributed by atoms with Crippen LogP contribution in [0.4, 0.5) is 0 Å². The van der Waals surface area contributed by atoms with E-state index in [-0.39, 0.29) is 27.4 Å². The van der Waals surface area contributed by atoms with Crippen molar-refractivity contribution >= 4 is 29.5 Å². The summed E-state index contributed by atoms with van der Waals surface area (Å²) < 4.78 is 2.40. The smallest absolute Gasteiger partial charge is 0.149 e. The van der Waals surface area contributed by atoms with Gasteiger partial charge in [0.1, 0.15) is 19.6 Å². The van der Waals surface area contributed by atoms with Gasteiger partial charge in [-0.2, -0.15) is 0 Å². The Morgan fingerprint density at radius 3 is 1.69 bits per heavy atom. The lowest BCUT2D eigenvalue weighted by Crippen LogP contribution is -2.49. The first-order chi connectivity index (χ1) is 33.4. The molecule has 0 aliphatic carbocycles. The second-order valence-corrected chi connectivity index (χ2v) is 28.9. The third kappa shape index (κ3) is 8.46. The molecule has 0 unspecified atom stereocenters. The minimum atomic E-state index is -2.32. The van der Waals surface area contributed by atoms with Crippen LogP contribution in [0.2, 0.25) is 13.1 Å². The summed E-state index contributed by atoms with van der Waals surface area (Å²) in [6.45, 7) is 32.1. The molecule has 0 saturated heterocycles. The Bertz CT molecular complexity index is 3530. The SMILES string of the molecule is CC(C)(C)c1cc(-c2cc(-c3ccccc3)ccn2)cc(-c2c3c(cc4c2nc(-c2cc(C(C)(C)C)cc(C(C)(C)C)c2O)n4-c2ccc(C(C)(C)C)cc2-c2ccccc2)[Si](C)(C)c2ccccc2-3)c1. The summed E-state index contributed by atoms with van der Waals surface area (Å²) in [5.74, 6) is 0.988. The molecule has 358 valence electrons. The molecule has 0 bridgehead atoms. The molecule has 4 nitrogen and oxygen atoms in total. The summed E-state index contributed by atoms with van der Waals surface area (Å²) in [4.78, 5) is 11.1. The first kappa shape index (κ1) is 47.8. The maximum atomic E-state index is 12.9. The standard InChI is InChI=1S/C66H69N3OSi/c1-63(2,3)46-29-30-54(50(37-46)42-25-19-16-20-26-42)69-55-40-57-59(49-27-21-22-28-56(49)71(57,13)14)58(60(55)68-62(69)51-38-48(65(7,8)9)39-52(61(51)70)66(10,11)12)45-33-44(34-47(35-45)64(4,5)6)53-36-43(31-32-67-53)41-23-17-15-18-24-41/h15-40,70H,1-14H3. The largest absolute Gasteiger partial charge is 0.507 e. The van der Waals surface area contributed by atoms with Gasteiger partial charge in [0.05, 0.1) is 28.0 Å². The van der Waals surface area contributed by atoms with Crippen LogP contribution < -0.4 is 10.4 Å². The van der Waals surface area contributed by atoms with E-state index < -0.39 is 8.07 Å². The van der Waals surface area contributed by atoms with Crippen LogP contribution in [-0.4, -0.2) is 27.7 Å². The molecule has 10 rings (SSSR count). The first-order valence-electron chi connectivity index (χ1n) is 25.4. The Hall–Kier alpha value is -6.82. The van der Waals surface area contributed by atoms with Gasteiger partial charge in [-0.3, -0.25) is 9.55 Å². The van der Waals surface area contributed by atoms with Crippen LogP contribution in [0.15, 0.2) is 158 Å². The van der Waals surface area contributed by atoms with Gasteiger partial charge < -0.3 is 5.11 Å². The highest BCUT2D eigenvalue weighted by molar-refractivity contribution is 7.04. The van der Waals surface area contributed by atoms with Crippen molar-refractivity contribution in [3.8, 4) is 78.6 Å². The molecule has 0 saturated carbocycles. The molecule has 2 aromatic heterocycles. The molecule has 1 N–H and O–H groups in total. The fourth-order valence-electron chi connectivity index (χ4n) is 10.7. The first-order valence-corrected chi connectivity index (χ1v) is 28.4. The number of nitrogens with zero attached hydrogens (tertiary/aromatic N) is 3. The van der Waals surface area contributed by atoms with E-state index in [9.17, 15) is 5.11 Å². The number of phenols is 1. The highest BCUT2D eigenvalue weighted by Gasteiger charge is 2.41. The molecule has 0 spiro atoms. The van der Waals surface area contributed by atoms with Crippen molar-refractivity contribution in [2.45, 2.75) is 118 Å². The number of fused-ring (bicyclic) bond motifs is 4. The third-order valence-corrected chi connectivity index (χ3v) is 18.5. The molecule has 71 heavy (non-hydrogen) atoms. The summed E-state index contributed by atoms with van der Waals surface area (Å²) in [7, 11) is -2.32. The number of aromatic nitrogens is 3. The zero-order chi connectivity index (χ0) is 50.6. The van der Waals surface area contributed by atoms with E-state index in [2.05, 4.69) is 252 Å². The molecule has 3 heterocycles. The van der Waals surface area contributed by atoms with Crippen LogP contribution in [-0.2, 0) is 21.7 Å². The number of phenolic OH excluding ortho intramolecular Hbond substituents is 1. The van der Waals surface area contributed by atoms with Crippen LogP contribution in [0.5, 0.6) is 5.75 Å². The maximum Gasteiger partial charge on any atom is 0.149 e. The Kier molecular flexibility index (Phi) is 11.4. The molecule has 0 radical (unpaired) electrons. The number of aromatic hydroxyl groups is 1. The number of benzene rings is 7. The van der Waals surface area contributed by atoms with Crippen LogP contribution >= 0.6 is 0 Å². The van der Waals surface area contributed by atoms with Gasteiger partial charge in [0.2, 0.25) is 0 Å². The van der Waals surface area contributed by atoms with E-state index in [1.54, 1.807) is 0 Å². The number of imidazole rings is 1. The monoisotopic (exact) mass is 948 g/mol. The van der Waals surface area contributed by atoms with Gasteiger partial charge in [0.25, 0.3) is 0 Å². The van der Waals surface area contributed by atoms with E-state index >= 15 is 0 Å². The van der Waals surface area contributed by atoms with Gasteiger partial charge >= 0.3 is 0 Å². The molecule has 5 heteroatoms. The Morgan fingerprint density at radius 1 is 0.451 bits per heavy atom. The summed E-state index contributed by atoms with van der Waals surface area (Å²) in [5.41, 5.74) is 18.7. The van der Waals surface area contributed by atoms with Gasteiger partial charge in [-0.15, -0.1) is 0 Å². The van der Waals surface area contributed by atoms with Crippen LogP contribution in [0.25, 0.3) is 83.9 Å². The van der Waals surface area contributed by atoms with Crippen molar-refractivity contribution in [2.24, 2.45) is 0 Å². The van der Waals surface area contributed by atoms with Crippen LogP contribution in [0.3, 0.4) is 0 Å². The Balaban J connectivity index is 1.40. The summed E-state index contributed by atoms with van der Waals surface area (Å²) >= 11 is 0.